The SMILES string of the molecule is OCCCn1c(C2CCCCC2)nc2cc3c(cc21)OCCO3. The molecule has 5 nitrogen and oxygen atoms in total. The second-order valence-corrected chi connectivity index (χ2v) is 6.52. The van der Waals surface area contributed by atoms with Crippen LogP contribution in [0.4, 0.5) is 0 Å². The lowest BCUT2D eigenvalue weighted by Gasteiger charge is -2.22. The van der Waals surface area contributed by atoms with Crippen LogP contribution in [0.25, 0.3) is 11.0 Å². The molecular weight excluding hydrogens is 292 g/mol. The molecule has 0 unspecified atom stereocenters. The number of hydrogen-bond donors (Lipinski definition) is 1. The largest absolute Gasteiger partial charge is 0.486 e. The van der Waals surface area contributed by atoms with E-state index in [9.17, 15) is 5.11 Å². The number of aliphatic hydroxyl groups is 1. The smallest absolute Gasteiger partial charge is 0.163 e. The Morgan fingerprint density at radius 2 is 1.83 bits per heavy atom. The lowest BCUT2D eigenvalue weighted by Crippen LogP contribution is -2.15. The Kier molecular flexibility index (Phi) is 4.12. The number of fused-ring (bicyclic) bond motifs is 2. The molecule has 2 aliphatic rings. The number of imidazole rings is 1. The number of aromatic nitrogens is 2. The van der Waals surface area contributed by atoms with E-state index in [2.05, 4.69) is 10.6 Å². The van der Waals surface area contributed by atoms with E-state index >= 15 is 0 Å². The number of aryl methyl sites for hydroxylation is 1. The lowest BCUT2D eigenvalue weighted by molar-refractivity contribution is 0.172. The molecule has 5 heteroatoms. The molecule has 1 aromatic carbocycles. The third-order valence-electron chi connectivity index (χ3n) is 4.95. The first kappa shape index (κ1) is 14.8. The number of benzene rings is 1. The van der Waals surface area contributed by atoms with Gasteiger partial charge in [0.2, 0.25) is 0 Å². The maximum absolute atomic E-state index is 9.25. The zero-order valence-electron chi connectivity index (χ0n) is 13.5. The number of ether oxygens (including phenoxy) is 2. The second-order valence-electron chi connectivity index (χ2n) is 6.52. The van der Waals surface area contributed by atoms with Crippen molar-refractivity contribution in [2.24, 2.45) is 0 Å². The van der Waals surface area contributed by atoms with Crippen LogP contribution in [0.1, 0.15) is 50.3 Å². The summed E-state index contributed by atoms with van der Waals surface area (Å²) in [6, 6.07) is 4.06. The van der Waals surface area contributed by atoms with Crippen LogP contribution in [0.3, 0.4) is 0 Å². The van der Waals surface area contributed by atoms with Gasteiger partial charge in [-0.2, -0.15) is 0 Å². The van der Waals surface area contributed by atoms with Crippen molar-refractivity contribution in [2.75, 3.05) is 19.8 Å². The third-order valence-corrected chi connectivity index (χ3v) is 4.95. The Hall–Kier alpha value is -1.75. The maximum Gasteiger partial charge on any atom is 0.163 e. The van der Waals surface area contributed by atoms with Gasteiger partial charge < -0.3 is 19.1 Å². The van der Waals surface area contributed by atoms with E-state index in [-0.39, 0.29) is 6.61 Å². The van der Waals surface area contributed by atoms with Gasteiger partial charge in [-0.05, 0) is 19.3 Å². The van der Waals surface area contributed by atoms with Crippen LogP contribution in [-0.4, -0.2) is 34.5 Å². The van der Waals surface area contributed by atoms with E-state index in [1.165, 1.54) is 37.9 Å². The molecule has 0 amide bonds. The van der Waals surface area contributed by atoms with Crippen LogP contribution in [-0.2, 0) is 6.54 Å². The first-order valence-corrected chi connectivity index (χ1v) is 8.77. The van der Waals surface area contributed by atoms with Crippen molar-refractivity contribution in [3.63, 3.8) is 0 Å². The van der Waals surface area contributed by atoms with E-state index in [0.717, 1.165) is 35.5 Å². The first-order valence-electron chi connectivity index (χ1n) is 8.77. The molecule has 23 heavy (non-hydrogen) atoms. The van der Waals surface area contributed by atoms with Gasteiger partial charge in [-0.3, -0.25) is 0 Å². The highest BCUT2D eigenvalue weighted by molar-refractivity contribution is 5.81. The summed E-state index contributed by atoms with van der Waals surface area (Å²) in [6.07, 6.45) is 7.10. The number of hydrogen-bond acceptors (Lipinski definition) is 4. The molecule has 0 saturated heterocycles. The summed E-state index contributed by atoms with van der Waals surface area (Å²) >= 11 is 0. The van der Waals surface area contributed by atoms with Gasteiger partial charge in [-0.1, -0.05) is 19.3 Å². The topological polar surface area (TPSA) is 56.5 Å². The Balaban J connectivity index is 1.79. The Labute approximate surface area is 136 Å². The molecule has 0 spiro atoms. The van der Waals surface area contributed by atoms with Crippen molar-refractivity contribution in [2.45, 2.75) is 51.0 Å². The van der Waals surface area contributed by atoms with E-state index < -0.39 is 0 Å². The molecule has 1 aliphatic carbocycles. The monoisotopic (exact) mass is 316 g/mol. The van der Waals surface area contributed by atoms with Gasteiger partial charge in [-0.25, -0.2) is 4.98 Å². The molecular formula is C18H24N2O3. The van der Waals surface area contributed by atoms with Crippen LogP contribution >= 0.6 is 0 Å². The van der Waals surface area contributed by atoms with Crippen molar-refractivity contribution < 1.29 is 14.6 Å². The third kappa shape index (κ3) is 2.78. The average Bonchev–Trinajstić information content (AvgIpc) is 2.96. The second kappa shape index (κ2) is 6.40. The number of aliphatic hydroxyl groups excluding tert-OH is 1. The van der Waals surface area contributed by atoms with Gasteiger partial charge in [0.25, 0.3) is 0 Å². The van der Waals surface area contributed by atoms with Crippen LogP contribution in [0.5, 0.6) is 11.5 Å². The van der Waals surface area contributed by atoms with E-state index in [0.29, 0.717) is 19.1 Å². The molecule has 4 rings (SSSR count). The normalized spacial score (nSPS) is 18.5. The Bertz CT molecular complexity index is 689. The van der Waals surface area contributed by atoms with E-state index in [1.54, 1.807) is 0 Å². The minimum Gasteiger partial charge on any atom is -0.486 e. The molecule has 124 valence electrons. The van der Waals surface area contributed by atoms with Crippen molar-refractivity contribution in [3.05, 3.63) is 18.0 Å². The summed E-state index contributed by atoms with van der Waals surface area (Å²) in [4.78, 5) is 4.94. The number of nitrogens with zero attached hydrogens (tertiary/aromatic N) is 2. The molecule has 0 radical (unpaired) electrons. The summed E-state index contributed by atoms with van der Waals surface area (Å²) < 4.78 is 13.7. The van der Waals surface area contributed by atoms with Crippen molar-refractivity contribution in [1.82, 2.24) is 9.55 Å². The lowest BCUT2D eigenvalue weighted by atomic mass is 9.88. The maximum atomic E-state index is 9.25. The van der Waals surface area contributed by atoms with Gasteiger partial charge >= 0.3 is 0 Å². The van der Waals surface area contributed by atoms with Gasteiger partial charge in [0, 0.05) is 31.2 Å². The fourth-order valence-electron chi connectivity index (χ4n) is 3.82. The van der Waals surface area contributed by atoms with Gasteiger partial charge in [0.05, 0.1) is 11.0 Å². The van der Waals surface area contributed by atoms with E-state index in [4.69, 9.17) is 14.5 Å². The highest BCUT2D eigenvalue weighted by Gasteiger charge is 2.24. The van der Waals surface area contributed by atoms with Crippen LogP contribution in [0.2, 0.25) is 0 Å². The van der Waals surface area contributed by atoms with Crippen molar-refractivity contribution in [1.29, 1.82) is 0 Å². The fraction of sp³-hybridized carbons (Fsp3) is 0.611. The Morgan fingerprint density at radius 3 is 2.57 bits per heavy atom. The van der Waals surface area contributed by atoms with Crippen LogP contribution in [0, 0.1) is 0 Å². The quantitative estimate of drug-likeness (QED) is 0.941. The zero-order chi connectivity index (χ0) is 15.6. The van der Waals surface area contributed by atoms with Gasteiger partial charge in [-0.15, -0.1) is 0 Å². The Morgan fingerprint density at radius 1 is 1.09 bits per heavy atom. The summed E-state index contributed by atoms with van der Waals surface area (Å²) in [5.74, 6) is 3.32. The van der Waals surface area contributed by atoms with Crippen LogP contribution < -0.4 is 9.47 Å². The van der Waals surface area contributed by atoms with Gasteiger partial charge in [0.15, 0.2) is 11.5 Å². The predicted octanol–water partition coefficient (Wildman–Crippen LogP) is 3.24. The molecule has 1 fully saturated rings. The van der Waals surface area contributed by atoms with E-state index in [1.807, 2.05) is 6.07 Å². The minimum absolute atomic E-state index is 0.203. The molecule has 2 aromatic rings. The highest BCUT2D eigenvalue weighted by atomic mass is 16.6. The number of rotatable bonds is 4. The van der Waals surface area contributed by atoms with Gasteiger partial charge in [0.1, 0.15) is 19.0 Å². The summed E-state index contributed by atoms with van der Waals surface area (Å²) in [5.41, 5.74) is 2.08. The zero-order valence-corrected chi connectivity index (χ0v) is 13.5. The summed E-state index contributed by atoms with van der Waals surface area (Å²) in [5, 5.41) is 9.25. The first-order chi connectivity index (χ1) is 11.4. The van der Waals surface area contributed by atoms with Crippen molar-refractivity contribution >= 4 is 11.0 Å². The van der Waals surface area contributed by atoms with Crippen LogP contribution in [0.15, 0.2) is 12.1 Å². The minimum atomic E-state index is 0.203. The molecule has 0 atom stereocenters. The molecule has 1 saturated carbocycles. The fourth-order valence-corrected chi connectivity index (χ4v) is 3.82. The molecule has 0 bridgehead atoms. The molecule has 1 N–H and O–H groups in total. The average molecular weight is 316 g/mol. The standard InChI is InChI=1S/C18H24N2O3/c21-8-4-7-20-15-12-17-16(22-9-10-23-17)11-14(15)19-18(20)13-5-2-1-3-6-13/h11-13,21H,1-10H2. The predicted molar refractivity (Wildman–Crippen MR) is 88.3 cm³/mol. The molecule has 1 aliphatic heterocycles. The molecule has 1 aromatic heterocycles. The molecule has 2 heterocycles. The highest BCUT2D eigenvalue weighted by Crippen LogP contribution is 2.38. The van der Waals surface area contributed by atoms with Crippen molar-refractivity contribution in [3.8, 4) is 11.5 Å². The summed E-state index contributed by atoms with van der Waals surface area (Å²) in [6.45, 7) is 2.20. The summed E-state index contributed by atoms with van der Waals surface area (Å²) in [7, 11) is 0.